The average Bonchev–Trinajstić information content (AvgIpc) is 2.93. The van der Waals surface area contributed by atoms with Gasteiger partial charge in [0.05, 0.1) is 12.3 Å². The molecule has 1 unspecified atom stereocenters. The van der Waals surface area contributed by atoms with Crippen LogP contribution >= 0.6 is 11.3 Å². The lowest BCUT2D eigenvalue weighted by molar-refractivity contribution is 0.0276. The largest absolute Gasteiger partial charge is 0.368 e. The van der Waals surface area contributed by atoms with Crippen LogP contribution in [-0.4, -0.2) is 24.7 Å². The van der Waals surface area contributed by atoms with E-state index in [2.05, 4.69) is 36.5 Å². The Morgan fingerprint density at radius 1 is 1.37 bits per heavy atom. The second-order valence-electron chi connectivity index (χ2n) is 4.61. The highest BCUT2D eigenvalue weighted by Gasteiger charge is 2.21. The molecule has 1 aliphatic rings. The van der Waals surface area contributed by atoms with Crippen molar-refractivity contribution in [3.05, 3.63) is 40.2 Å². The van der Waals surface area contributed by atoms with Crippen LogP contribution in [0, 0.1) is 0 Å². The first-order valence-corrected chi connectivity index (χ1v) is 7.57. The first kappa shape index (κ1) is 12.8. The lowest BCUT2D eigenvalue weighted by Crippen LogP contribution is -2.33. The van der Waals surface area contributed by atoms with Crippen molar-refractivity contribution in [1.82, 2.24) is 10.3 Å². The third-order valence-electron chi connectivity index (χ3n) is 3.29. The maximum absolute atomic E-state index is 5.80. The van der Waals surface area contributed by atoms with E-state index in [1.165, 1.54) is 10.4 Å². The number of nitrogens with one attached hydrogen (secondary N) is 1. The molecule has 4 heteroatoms. The predicted octanol–water partition coefficient (Wildman–Crippen LogP) is 3.03. The number of hydrogen-bond donors (Lipinski definition) is 1. The fourth-order valence-corrected chi connectivity index (χ4v) is 3.37. The summed E-state index contributed by atoms with van der Waals surface area (Å²) in [6, 6.07) is 10.4. The first-order valence-electron chi connectivity index (χ1n) is 6.76. The molecule has 0 spiro atoms. The standard InChI is InChI=1S/C15H18N2OS/c1-2-13-14(11-6-4-3-5-7-11)17-15(19-13)12-10-16-8-9-18-12/h3-7,12,16H,2,8-10H2,1H3. The third-order valence-corrected chi connectivity index (χ3v) is 4.58. The van der Waals surface area contributed by atoms with Gasteiger partial charge in [-0.1, -0.05) is 37.3 Å². The quantitative estimate of drug-likeness (QED) is 0.934. The molecule has 1 aromatic carbocycles. The lowest BCUT2D eigenvalue weighted by atomic mass is 10.1. The fraction of sp³-hybridized carbons (Fsp3) is 0.400. The number of aromatic nitrogens is 1. The van der Waals surface area contributed by atoms with Gasteiger partial charge in [-0.3, -0.25) is 0 Å². The zero-order valence-electron chi connectivity index (χ0n) is 11.1. The molecule has 100 valence electrons. The summed E-state index contributed by atoms with van der Waals surface area (Å²) in [6.45, 7) is 4.76. The zero-order chi connectivity index (χ0) is 13.1. The number of morpholine rings is 1. The van der Waals surface area contributed by atoms with Crippen LogP contribution < -0.4 is 5.32 Å². The van der Waals surface area contributed by atoms with Gasteiger partial charge < -0.3 is 10.1 Å². The number of thiazole rings is 1. The van der Waals surface area contributed by atoms with Crippen molar-refractivity contribution in [2.45, 2.75) is 19.4 Å². The number of benzene rings is 1. The van der Waals surface area contributed by atoms with E-state index < -0.39 is 0 Å². The second kappa shape index (κ2) is 5.82. The highest BCUT2D eigenvalue weighted by atomic mass is 32.1. The molecule has 0 saturated carbocycles. The molecule has 0 aliphatic carbocycles. The van der Waals surface area contributed by atoms with Gasteiger partial charge in [-0.05, 0) is 6.42 Å². The minimum atomic E-state index is 0.113. The van der Waals surface area contributed by atoms with Gasteiger partial charge >= 0.3 is 0 Å². The Morgan fingerprint density at radius 3 is 2.89 bits per heavy atom. The summed E-state index contributed by atoms with van der Waals surface area (Å²) in [6.07, 6.45) is 1.13. The smallest absolute Gasteiger partial charge is 0.124 e. The van der Waals surface area contributed by atoms with Crippen LogP contribution in [0.1, 0.15) is 22.9 Å². The van der Waals surface area contributed by atoms with Gasteiger partial charge in [0.2, 0.25) is 0 Å². The summed E-state index contributed by atoms with van der Waals surface area (Å²) >= 11 is 1.78. The van der Waals surface area contributed by atoms with Crippen molar-refractivity contribution >= 4 is 11.3 Å². The summed E-state index contributed by atoms with van der Waals surface area (Å²) in [5.74, 6) is 0. The molecule has 0 bridgehead atoms. The molecule has 1 aromatic heterocycles. The molecule has 3 rings (SSSR count). The van der Waals surface area contributed by atoms with Gasteiger partial charge in [0.15, 0.2) is 0 Å². The van der Waals surface area contributed by atoms with E-state index in [-0.39, 0.29) is 6.10 Å². The summed E-state index contributed by atoms with van der Waals surface area (Å²) in [4.78, 5) is 6.17. The maximum Gasteiger partial charge on any atom is 0.124 e. The van der Waals surface area contributed by atoms with Crippen molar-refractivity contribution in [2.24, 2.45) is 0 Å². The first-order chi connectivity index (χ1) is 9.38. The summed E-state index contributed by atoms with van der Waals surface area (Å²) in [5.41, 5.74) is 2.32. The normalized spacial score (nSPS) is 19.5. The van der Waals surface area contributed by atoms with E-state index in [1.54, 1.807) is 11.3 Å². The van der Waals surface area contributed by atoms with Crippen LogP contribution in [0.15, 0.2) is 30.3 Å². The second-order valence-corrected chi connectivity index (χ2v) is 5.72. The molecule has 1 aliphatic heterocycles. The van der Waals surface area contributed by atoms with Crippen LogP contribution in [0.2, 0.25) is 0 Å². The van der Waals surface area contributed by atoms with Gasteiger partial charge in [-0.15, -0.1) is 11.3 Å². The Bertz CT molecular complexity index is 532. The molecule has 19 heavy (non-hydrogen) atoms. The fourth-order valence-electron chi connectivity index (χ4n) is 2.29. The van der Waals surface area contributed by atoms with Crippen LogP contribution in [0.5, 0.6) is 0 Å². The highest BCUT2D eigenvalue weighted by molar-refractivity contribution is 7.12. The minimum absolute atomic E-state index is 0.113. The Balaban J connectivity index is 1.94. The van der Waals surface area contributed by atoms with Gasteiger partial charge in [-0.2, -0.15) is 0 Å². The summed E-state index contributed by atoms with van der Waals surface area (Å²) in [7, 11) is 0. The van der Waals surface area contributed by atoms with Gasteiger partial charge in [0.25, 0.3) is 0 Å². The molecule has 2 heterocycles. The monoisotopic (exact) mass is 274 g/mol. The Hall–Kier alpha value is -1.23. The predicted molar refractivity (Wildman–Crippen MR) is 78.5 cm³/mol. The number of ether oxygens (including phenoxy) is 1. The molecule has 0 amide bonds. The molecular weight excluding hydrogens is 256 g/mol. The number of nitrogens with zero attached hydrogens (tertiary/aromatic N) is 1. The van der Waals surface area contributed by atoms with E-state index >= 15 is 0 Å². The van der Waals surface area contributed by atoms with Crippen molar-refractivity contribution < 1.29 is 4.74 Å². The van der Waals surface area contributed by atoms with E-state index in [1.807, 2.05) is 6.07 Å². The van der Waals surface area contributed by atoms with Crippen molar-refractivity contribution in [3.8, 4) is 11.3 Å². The summed E-state index contributed by atoms with van der Waals surface area (Å²) in [5, 5.41) is 4.46. The Kier molecular flexibility index (Phi) is 3.92. The molecule has 2 aromatic rings. The molecule has 1 fully saturated rings. The molecule has 0 radical (unpaired) electrons. The SMILES string of the molecule is CCc1sc(C2CNCCO2)nc1-c1ccccc1. The van der Waals surface area contributed by atoms with Gasteiger partial charge in [0.1, 0.15) is 11.1 Å². The Labute approximate surface area is 117 Å². The molecule has 1 N–H and O–H groups in total. The number of hydrogen-bond acceptors (Lipinski definition) is 4. The van der Waals surface area contributed by atoms with Crippen LogP contribution in [0.4, 0.5) is 0 Å². The van der Waals surface area contributed by atoms with E-state index in [0.29, 0.717) is 0 Å². The highest BCUT2D eigenvalue weighted by Crippen LogP contribution is 2.33. The maximum atomic E-state index is 5.80. The lowest BCUT2D eigenvalue weighted by Gasteiger charge is -2.21. The van der Waals surface area contributed by atoms with E-state index in [9.17, 15) is 0 Å². The van der Waals surface area contributed by atoms with Crippen LogP contribution in [0.25, 0.3) is 11.3 Å². The van der Waals surface area contributed by atoms with Crippen LogP contribution in [-0.2, 0) is 11.2 Å². The third kappa shape index (κ3) is 2.71. The molecule has 1 saturated heterocycles. The van der Waals surface area contributed by atoms with Crippen LogP contribution in [0.3, 0.4) is 0 Å². The van der Waals surface area contributed by atoms with Crippen molar-refractivity contribution in [3.63, 3.8) is 0 Å². The van der Waals surface area contributed by atoms with E-state index in [0.717, 1.165) is 36.8 Å². The molecule has 3 nitrogen and oxygen atoms in total. The minimum Gasteiger partial charge on any atom is -0.368 e. The number of aryl methyl sites for hydroxylation is 1. The summed E-state index contributed by atoms with van der Waals surface area (Å²) < 4.78 is 5.80. The number of rotatable bonds is 3. The zero-order valence-corrected chi connectivity index (χ0v) is 11.9. The Morgan fingerprint density at radius 2 is 2.21 bits per heavy atom. The van der Waals surface area contributed by atoms with Gasteiger partial charge in [-0.25, -0.2) is 4.98 Å². The van der Waals surface area contributed by atoms with Gasteiger partial charge in [0, 0.05) is 23.5 Å². The van der Waals surface area contributed by atoms with E-state index in [4.69, 9.17) is 9.72 Å². The van der Waals surface area contributed by atoms with Crippen molar-refractivity contribution in [1.29, 1.82) is 0 Å². The molecular formula is C15H18N2OS. The average molecular weight is 274 g/mol. The topological polar surface area (TPSA) is 34.1 Å². The molecule has 1 atom stereocenters. The van der Waals surface area contributed by atoms with Crippen molar-refractivity contribution in [2.75, 3.05) is 19.7 Å².